The lowest BCUT2D eigenvalue weighted by molar-refractivity contribution is 0.0164. The number of likely N-dealkylation sites (tertiary alicyclic amines) is 1. The van der Waals surface area contributed by atoms with E-state index in [9.17, 15) is 9.59 Å². The van der Waals surface area contributed by atoms with Crippen LogP contribution in [0, 0.1) is 6.92 Å². The van der Waals surface area contributed by atoms with E-state index in [2.05, 4.69) is 5.10 Å². The first kappa shape index (κ1) is 18.9. The number of fused-ring (bicyclic) bond motifs is 1. The van der Waals surface area contributed by atoms with Crippen LogP contribution in [0.25, 0.3) is 5.69 Å². The van der Waals surface area contributed by atoms with E-state index in [4.69, 9.17) is 11.6 Å². The molecule has 0 N–H and O–H groups in total. The van der Waals surface area contributed by atoms with Gasteiger partial charge < -0.3 is 9.80 Å². The van der Waals surface area contributed by atoms with E-state index in [1.54, 1.807) is 33.8 Å². The molecule has 0 saturated carbocycles. The Bertz CT molecular complexity index is 1130. The molecule has 6 nitrogen and oxygen atoms in total. The number of hydrogen-bond donors (Lipinski definition) is 0. The molecule has 0 radical (unpaired) electrons. The third-order valence-electron chi connectivity index (χ3n) is 6.01. The Kier molecular flexibility index (Phi) is 4.40. The number of benzene rings is 2. The molecule has 2 aliphatic rings. The Balaban J connectivity index is 1.36. The summed E-state index contributed by atoms with van der Waals surface area (Å²) in [6.07, 6.45) is 0. The van der Waals surface area contributed by atoms with Gasteiger partial charge in [0.2, 0.25) is 0 Å². The molecule has 7 heteroatoms. The molecule has 0 spiro atoms. The minimum absolute atomic E-state index is 0.000210. The number of aromatic nitrogens is 2. The first-order valence-corrected chi connectivity index (χ1v) is 10.4. The predicted molar refractivity (Wildman–Crippen MR) is 114 cm³/mol. The van der Waals surface area contributed by atoms with Crippen molar-refractivity contribution in [2.24, 2.45) is 0 Å². The van der Waals surface area contributed by atoms with Crippen LogP contribution in [0.3, 0.4) is 0 Å². The van der Waals surface area contributed by atoms with E-state index in [1.807, 2.05) is 49.1 Å². The highest BCUT2D eigenvalue weighted by Gasteiger charge is 2.47. The van der Waals surface area contributed by atoms with Crippen molar-refractivity contribution in [3.63, 3.8) is 0 Å². The van der Waals surface area contributed by atoms with Gasteiger partial charge in [0.1, 0.15) is 5.69 Å². The van der Waals surface area contributed by atoms with Gasteiger partial charge in [0.25, 0.3) is 11.8 Å². The molecule has 1 aromatic heterocycles. The van der Waals surface area contributed by atoms with Crippen molar-refractivity contribution in [1.82, 2.24) is 19.6 Å². The fraction of sp³-hybridized carbons (Fsp3) is 0.261. The molecule has 1 saturated heterocycles. The fourth-order valence-corrected chi connectivity index (χ4v) is 4.62. The minimum atomic E-state index is -0.0669. The molecular formula is C23H21ClN4O2. The second-order valence-electron chi connectivity index (χ2n) is 7.85. The number of para-hydroxylation sites is 1. The molecule has 1 atom stereocenters. The van der Waals surface area contributed by atoms with Crippen molar-refractivity contribution in [2.45, 2.75) is 25.9 Å². The highest BCUT2D eigenvalue weighted by atomic mass is 35.5. The molecule has 2 aliphatic heterocycles. The number of hydrogen-bond acceptors (Lipinski definition) is 3. The number of halogens is 1. The Labute approximate surface area is 179 Å². The number of nitrogens with zero attached hydrogens (tertiary/aromatic N) is 4. The highest BCUT2D eigenvalue weighted by molar-refractivity contribution is 6.30. The maximum atomic E-state index is 13.4. The van der Waals surface area contributed by atoms with Gasteiger partial charge in [-0.2, -0.15) is 5.10 Å². The zero-order chi connectivity index (χ0) is 21.0. The third kappa shape index (κ3) is 2.82. The molecule has 3 aromatic rings. The molecule has 3 heterocycles. The molecule has 5 rings (SSSR count). The zero-order valence-electron chi connectivity index (χ0n) is 16.7. The van der Waals surface area contributed by atoms with Crippen molar-refractivity contribution >= 4 is 23.4 Å². The number of rotatable bonds is 3. The van der Waals surface area contributed by atoms with Crippen LogP contribution in [0.5, 0.6) is 0 Å². The lowest BCUT2D eigenvalue weighted by Gasteiger charge is -2.45. The maximum Gasteiger partial charge on any atom is 0.273 e. The lowest BCUT2D eigenvalue weighted by Crippen LogP contribution is -2.61. The Morgan fingerprint density at radius 1 is 1.07 bits per heavy atom. The summed E-state index contributed by atoms with van der Waals surface area (Å²) in [5.74, 6) is -0.0584. The second kappa shape index (κ2) is 6.99. The number of aryl methyl sites for hydroxylation is 1. The molecule has 30 heavy (non-hydrogen) atoms. The molecule has 2 amide bonds. The monoisotopic (exact) mass is 420 g/mol. The van der Waals surface area contributed by atoms with Gasteiger partial charge in [-0.3, -0.25) is 9.59 Å². The number of amides is 2. The van der Waals surface area contributed by atoms with Crippen molar-refractivity contribution in [3.05, 3.63) is 82.1 Å². The van der Waals surface area contributed by atoms with Gasteiger partial charge in [-0.25, -0.2) is 4.68 Å². The predicted octanol–water partition coefficient (Wildman–Crippen LogP) is 3.88. The second-order valence-corrected chi connectivity index (χ2v) is 8.29. The summed E-state index contributed by atoms with van der Waals surface area (Å²) in [6.45, 7) is 5.04. The summed E-state index contributed by atoms with van der Waals surface area (Å²) in [4.78, 5) is 29.7. The zero-order valence-corrected chi connectivity index (χ0v) is 17.5. The van der Waals surface area contributed by atoms with Crippen LogP contribution in [0.1, 0.15) is 45.1 Å². The normalized spacial score (nSPS) is 18.5. The van der Waals surface area contributed by atoms with Crippen molar-refractivity contribution < 1.29 is 9.59 Å². The van der Waals surface area contributed by atoms with Crippen LogP contribution in [-0.4, -0.2) is 50.5 Å². The molecular weight excluding hydrogens is 400 g/mol. The summed E-state index contributed by atoms with van der Waals surface area (Å²) < 4.78 is 1.75. The van der Waals surface area contributed by atoms with Crippen molar-refractivity contribution in [2.75, 3.05) is 13.1 Å². The van der Waals surface area contributed by atoms with Gasteiger partial charge in [-0.05, 0) is 50.2 Å². The Hall–Kier alpha value is -3.12. The van der Waals surface area contributed by atoms with Crippen LogP contribution in [-0.2, 0) is 0 Å². The quantitative estimate of drug-likeness (QED) is 0.646. The van der Waals surface area contributed by atoms with Crippen LogP contribution >= 0.6 is 11.6 Å². The highest BCUT2D eigenvalue weighted by Crippen LogP contribution is 2.39. The summed E-state index contributed by atoms with van der Waals surface area (Å²) >= 11 is 5.91. The first-order valence-electron chi connectivity index (χ1n) is 9.98. The van der Waals surface area contributed by atoms with E-state index >= 15 is 0 Å². The molecule has 1 fully saturated rings. The van der Waals surface area contributed by atoms with Gasteiger partial charge in [0, 0.05) is 29.2 Å². The molecule has 2 aromatic carbocycles. The summed E-state index contributed by atoms with van der Waals surface area (Å²) in [5, 5.41) is 5.23. The number of carbonyl (C=O) groups excluding carboxylic acids is 2. The van der Waals surface area contributed by atoms with E-state index in [-0.39, 0.29) is 23.9 Å². The Morgan fingerprint density at radius 3 is 2.40 bits per heavy atom. The molecule has 1 unspecified atom stereocenters. The van der Waals surface area contributed by atoms with Crippen molar-refractivity contribution in [3.8, 4) is 5.69 Å². The van der Waals surface area contributed by atoms with Crippen LogP contribution in [0.15, 0.2) is 54.6 Å². The van der Waals surface area contributed by atoms with Crippen molar-refractivity contribution in [1.29, 1.82) is 0 Å². The van der Waals surface area contributed by atoms with E-state index in [1.165, 1.54) is 0 Å². The largest absolute Gasteiger partial charge is 0.334 e. The van der Waals surface area contributed by atoms with Gasteiger partial charge in [-0.1, -0.05) is 29.8 Å². The van der Waals surface area contributed by atoms with E-state index < -0.39 is 0 Å². The average molecular weight is 421 g/mol. The van der Waals surface area contributed by atoms with Gasteiger partial charge in [0.05, 0.1) is 23.5 Å². The van der Waals surface area contributed by atoms with E-state index in [0.717, 1.165) is 16.9 Å². The third-order valence-corrected chi connectivity index (χ3v) is 6.27. The standard InChI is InChI=1S/C23H21ClN4O2/c1-14-20-15(2)27(23(30)21(20)28(25-14)18-6-4-3-5-7-18)19-12-26(13-19)22(29)16-8-10-17(24)11-9-16/h3-11,15,19H,12-13H2,1-2H3. The summed E-state index contributed by atoms with van der Waals surface area (Å²) in [7, 11) is 0. The lowest BCUT2D eigenvalue weighted by atomic mass is 10.0. The maximum absolute atomic E-state index is 13.4. The Morgan fingerprint density at radius 2 is 1.73 bits per heavy atom. The average Bonchev–Trinajstić information content (AvgIpc) is 3.19. The number of carbonyl (C=O) groups is 2. The first-order chi connectivity index (χ1) is 14.5. The van der Waals surface area contributed by atoms with E-state index in [0.29, 0.717) is 29.4 Å². The smallest absolute Gasteiger partial charge is 0.273 e. The molecule has 152 valence electrons. The van der Waals surface area contributed by atoms with Gasteiger partial charge >= 0.3 is 0 Å². The van der Waals surface area contributed by atoms with Crippen LogP contribution in [0.2, 0.25) is 5.02 Å². The minimum Gasteiger partial charge on any atom is -0.334 e. The SMILES string of the molecule is Cc1nn(-c2ccccc2)c2c1C(C)N(C1CN(C(=O)c3ccc(Cl)cc3)C1)C2=O. The topological polar surface area (TPSA) is 58.4 Å². The summed E-state index contributed by atoms with van der Waals surface area (Å²) in [5.41, 5.74) is 3.96. The van der Waals surface area contributed by atoms with Crippen LogP contribution < -0.4 is 0 Å². The molecule has 0 aliphatic carbocycles. The molecule has 0 bridgehead atoms. The van der Waals surface area contributed by atoms with Crippen LogP contribution in [0.4, 0.5) is 0 Å². The van der Waals surface area contributed by atoms with Gasteiger partial charge in [0.15, 0.2) is 0 Å². The van der Waals surface area contributed by atoms with Gasteiger partial charge in [-0.15, -0.1) is 0 Å². The summed E-state index contributed by atoms with van der Waals surface area (Å²) in [6, 6.07) is 16.5. The fourth-order valence-electron chi connectivity index (χ4n) is 4.49.